The molecule has 0 saturated carbocycles. The number of nitriles is 1. The second kappa shape index (κ2) is 5.68. The molecule has 0 radical (unpaired) electrons. The monoisotopic (exact) mass is 293 g/mol. The van der Waals surface area contributed by atoms with E-state index in [1.165, 1.54) is 23.6 Å². The van der Waals surface area contributed by atoms with Crippen molar-refractivity contribution in [1.29, 1.82) is 5.26 Å². The molecule has 1 unspecified atom stereocenters. The first-order chi connectivity index (χ1) is 9.02. The van der Waals surface area contributed by atoms with Crippen molar-refractivity contribution in [2.75, 3.05) is 0 Å². The molecule has 1 atom stereocenters. The van der Waals surface area contributed by atoms with Crippen molar-refractivity contribution < 1.29 is 4.39 Å². The van der Waals surface area contributed by atoms with Crippen LogP contribution in [0.25, 0.3) is 10.6 Å². The van der Waals surface area contributed by atoms with Gasteiger partial charge in [-0.15, -0.1) is 11.3 Å². The second-order valence-electron chi connectivity index (χ2n) is 4.42. The molecule has 0 aromatic carbocycles. The molecule has 0 spiro atoms. The van der Waals surface area contributed by atoms with E-state index in [1.54, 1.807) is 0 Å². The summed E-state index contributed by atoms with van der Waals surface area (Å²) >= 11 is 5.88. The molecule has 2 heterocycles. The topological polar surface area (TPSA) is 49.6 Å². The highest BCUT2D eigenvalue weighted by Crippen LogP contribution is 2.37. The molecule has 6 heteroatoms. The summed E-state index contributed by atoms with van der Waals surface area (Å²) in [6, 6.07) is 3.43. The Kier molecular flexibility index (Phi) is 4.17. The van der Waals surface area contributed by atoms with Gasteiger partial charge in [0.05, 0.1) is 11.1 Å². The summed E-state index contributed by atoms with van der Waals surface area (Å²) in [4.78, 5) is 8.86. The Morgan fingerprint density at radius 1 is 1.42 bits per heavy atom. The molecule has 0 aliphatic heterocycles. The summed E-state index contributed by atoms with van der Waals surface area (Å²) in [6.07, 6.45) is 2.68. The van der Waals surface area contributed by atoms with Crippen LogP contribution in [0.4, 0.5) is 4.39 Å². The zero-order valence-corrected chi connectivity index (χ0v) is 12.2. The molecule has 0 N–H and O–H groups in total. The van der Waals surface area contributed by atoms with E-state index >= 15 is 0 Å². The van der Waals surface area contributed by atoms with Gasteiger partial charge in [0.2, 0.25) is 0 Å². The van der Waals surface area contributed by atoms with Gasteiger partial charge < -0.3 is 0 Å². The fraction of sp³-hybridized carbons (Fsp3) is 0.308. The highest BCUT2D eigenvalue weighted by atomic mass is 32.1. The average molecular weight is 293 g/mol. The van der Waals surface area contributed by atoms with E-state index in [2.05, 4.69) is 28.7 Å². The van der Waals surface area contributed by atoms with Gasteiger partial charge >= 0.3 is 0 Å². The van der Waals surface area contributed by atoms with Gasteiger partial charge in [-0.1, -0.05) is 13.8 Å². The van der Waals surface area contributed by atoms with E-state index in [0.29, 0.717) is 16.3 Å². The fourth-order valence-corrected chi connectivity index (χ4v) is 3.00. The van der Waals surface area contributed by atoms with Crippen molar-refractivity contribution in [3.05, 3.63) is 34.8 Å². The van der Waals surface area contributed by atoms with Gasteiger partial charge in [0.15, 0.2) is 5.69 Å². The van der Waals surface area contributed by atoms with Gasteiger partial charge in [0.25, 0.3) is 0 Å². The number of hydrogen-bond acceptors (Lipinski definition) is 5. The van der Waals surface area contributed by atoms with E-state index in [0.717, 1.165) is 11.1 Å². The molecule has 2 aromatic rings. The van der Waals surface area contributed by atoms with Crippen LogP contribution in [0, 0.1) is 23.1 Å². The van der Waals surface area contributed by atoms with Crippen LogP contribution >= 0.6 is 24.0 Å². The Hall–Kier alpha value is -1.45. The van der Waals surface area contributed by atoms with Gasteiger partial charge in [0.1, 0.15) is 16.9 Å². The van der Waals surface area contributed by atoms with Crippen LogP contribution in [0.1, 0.15) is 29.7 Å². The number of rotatable bonds is 3. The quantitative estimate of drug-likeness (QED) is 0.875. The van der Waals surface area contributed by atoms with Gasteiger partial charge in [-0.25, -0.2) is 9.37 Å². The largest absolute Gasteiger partial charge is 0.261 e. The lowest BCUT2D eigenvalue weighted by atomic mass is 10.1. The Balaban J connectivity index is 2.48. The normalized spacial score (nSPS) is 12.4. The lowest BCUT2D eigenvalue weighted by Gasteiger charge is -2.11. The SMILES string of the molecule is CC(C)C(S)c1sc(-c2cncc(F)c2)nc1C#N. The van der Waals surface area contributed by atoms with Crippen LogP contribution in [0.2, 0.25) is 0 Å². The Morgan fingerprint density at radius 3 is 2.74 bits per heavy atom. The smallest absolute Gasteiger partial charge is 0.156 e. The van der Waals surface area contributed by atoms with Crippen LogP contribution in [0.5, 0.6) is 0 Å². The van der Waals surface area contributed by atoms with E-state index in [1.807, 2.05) is 13.8 Å². The summed E-state index contributed by atoms with van der Waals surface area (Å²) in [7, 11) is 0. The number of hydrogen-bond donors (Lipinski definition) is 1. The van der Waals surface area contributed by atoms with Crippen molar-refractivity contribution in [2.45, 2.75) is 19.1 Å². The number of thiol groups is 1. The highest BCUT2D eigenvalue weighted by Gasteiger charge is 2.21. The maximum absolute atomic E-state index is 13.2. The third-order valence-electron chi connectivity index (χ3n) is 2.61. The lowest BCUT2D eigenvalue weighted by Crippen LogP contribution is -1.98. The Morgan fingerprint density at radius 2 is 2.16 bits per heavy atom. The molecule has 0 saturated heterocycles. The molecule has 98 valence electrons. The van der Waals surface area contributed by atoms with Gasteiger partial charge in [0, 0.05) is 17.0 Å². The van der Waals surface area contributed by atoms with E-state index in [9.17, 15) is 4.39 Å². The molecule has 0 bridgehead atoms. The van der Waals surface area contributed by atoms with Crippen molar-refractivity contribution >= 4 is 24.0 Å². The third kappa shape index (κ3) is 2.94. The number of halogens is 1. The first kappa shape index (κ1) is 14.0. The molecule has 0 amide bonds. The molecule has 2 rings (SSSR count). The van der Waals surface area contributed by atoms with Crippen LogP contribution in [0.3, 0.4) is 0 Å². The molecule has 19 heavy (non-hydrogen) atoms. The molecular weight excluding hydrogens is 281 g/mol. The number of nitrogens with zero attached hydrogens (tertiary/aromatic N) is 3. The predicted molar refractivity (Wildman–Crippen MR) is 76.6 cm³/mol. The predicted octanol–water partition coefficient (Wildman–Crippen LogP) is 3.84. The van der Waals surface area contributed by atoms with Crippen LogP contribution in [-0.2, 0) is 0 Å². The maximum atomic E-state index is 13.2. The molecular formula is C13H12FN3S2. The maximum Gasteiger partial charge on any atom is 0.156 e. The lowest BCUT2D eigenvalue weighted by molar-refractivity contribution is 0.622. The number of thiazole rings is 1. The van der Waals surface area contributed by atoms with Gasteiger partial charge in [-0.2, -0.15) is 17.9 Å². The number of pyridine rings is 1. The van der Waals surface area contributed by atoms with Crippen LogP contribution < -0.4 is 0 Å². The average Bonchev–Trinajstić information content (AvgIpc) is 2.81. The summed E-state index contributed by atoms with van der Waals surface area (Å²) in [6.45, 7) is 4.06. The Bertz CT molecular complexity index is 631. The second-order valence-corrected chi connectivity index (χ2v) is 6.01. The number of aromatic nitrogens is 2. The highest BCUT2D eigenvalue weighted by molar-refractivity contribution is 7.80. The van der Waals surface area contributed by atoms with Crippen LogP contribution in [0.15, 0.2) is 18.5 Å². The zero-order chi connectivity index (χ0) is 14.0. The van der Waals surface area contributed by atoms with Crippen molar-refractivity contribution in [2.24, 2.45) is 5.92 Å². The summed E-state index contributed by atoms with van der Waals surface area (Å²) in [5.41, 5.74) is 0.940. The standard InChI is InChI=1S/C13H12FN3S2/c1-7(2)11(18)12-10(4-15)17-13(19-12)8-3-9(14)6-16-5-8/h3,5-7,11,18H,1-2H3. The molecule has 0 aliphatic carbocycles. The van der Waals surface area contributed by atoms with E-state index < -0.39 is 5.82 Å². The van der Waals surface area contributed by atoms with Crippen molar-refractivity contribution in [1.82, 2.24) is 9.97 Å². The summed E-state index contributed by atoms with van der Waals surface area (Å²) in [5.74, 6) is -0.131. The van der Waals surface area contributed by atoms with Crippen molar-refractivity contribution in [3.63, 3.8) is 0 Å². The minimum Gasteiger partial charge on any atom is -0.261 e. The molecule has 0 fully saturated rings. The minimum absolute atomic E-state index is 0.0533. The van der Waals surface area contributed by atoms with E-state index in [4.69, 9.17) is 5.26 Å². The van der Waals surface area contributed by atoms with Gasteiger partial charge in [-0.05, 0) is 12.0 Å². The van der Waals surface area contributed by atoms with Crippen molar-refractivity contribution in [3.8, 4) is 16.6 Å². The van der Waals surface area contributed by atoms with Crippen LogP contribution in [-0.4, -0.2) is 9.97 Å². The zero-order valence-electron chi connectivity index (χ0n) is 10.5. The summed E-state index contributed by atoms with van der Waals surface area (Å²) < 4.78 is 13.2. The van der Waals surface area contributed by atoms with E-state index in [-0.39, 0.29) is 11.2 Å². The van der Waals surface area contributed by atoms with Gasteiger partial charge in [-0.3, -0.25) is 4.98 Å². The first-order valence-corrected chi connectivity index (χ1v) is 7.06. The molecule has 3 nitrogen and oxygen atoms in total. The third-order valence-corrected chi connectivity index (χ3v) is 4.83. The molecule has 0 aliphatic rings. The fourth-order valence-electron chi connectivity index (χ4n) is 1.57. The Labute approximate surface area is 120 Å². The summed E-state index contributed by atoms with van der Waals surface area (Å²) in [5, 5.41) is 9.68. The molecule has 2 aromatic heterocycles. The minimum atomic E-state index is -0.418. The first-order valence-electron chi connectivity index (χ1n) is 5.72.